The number of nitrogens with zero attached hydrogens (tertiary/aromatic N) is 3. The number of amides is 1. The van der Waals surface area contributed by atoms with Gasteiger partial charge in [0, 0.05) is 12.1 Å². The monoisotopic (exact) mass is 494 g/mol. The normalized spacial score (nSPS) is 10.9. The predicted molar refractivity (Wildman–Crippen MR) is 134 cm³/mol. The molecule has 0 aliphatic rings. The fourth-order valence-corrected chi connectivity index (χ4v) is 4.33. The van der Waals surface area contributed by atoms with Crippen LogP contribution in [-0.4, -0.2) is 26.1 Å². The van der Waals surface area contributed by atoms with Crippen molar-refractivity contribution in [3.63, 3.8) is 0 Å². The van der Waals surface area contributed by atoms with Gasteiger partial charge in [-0.1, -0.05) is 54.6 Å². The Balaban J connectivity index is 1.65. The molecule has 4 rings (SSSR count). The highest BCUT2D eigenvalue weighted by atomic mass is 35.5. The first-order valence-corrected chi connectivity index (χ1v) is 11.7. The molecule has 34 heavy (non-hydrogen) atoms. The van der Waals surface area contributed by atoms with Crippen LogP contribution in [0.25, 0.3) is 16.6 Å². The van der Waals surface area contributed by atoms with Crippen molar-refractivity contribution in [2.24, 2.45) is 0 Å². The average molecular weight is 495 g/mol. The van der Waals surface area contributed by atoms with Gasteiger partial charge in [0.25, 0.3) is 11.2 Å². The summed E-state index contributed by atoms with van der Waals surface area (Å²) in [4.78, 5) is 41.0. The van der Waals surface area contributed by atoms with Crippen molar-refractivity contribution in [1.29, 1.82) is 0 Å². The molecule has 1 aromatic heterocycles. The maximum absolute atomic E-state index is 13.3. The molecule has 0 atom stereocenters. The van der Waals surface area contributed by atoms with E-state index in [2.05, 4.69) is 10.3 Å². The van der Waals surface area contributed by atoms with Gasteiger partial charge in [0.05, 0.1) is 38.0 Å². The Bertz CT molecular complexity index is 1450. The molecule has 0 radical (unpaired) electrons. The Kier molecular flexibility index (Phi) is 6.95. The second kappa shape index (κ2) is 10.1. The van der Waals surface area contributed by atoms with E-state index in [0.29, 0.717) is 21.7 Å². The van der Waals surface area contributed by atoms with Crippen molar-refractivity contribution in [1.82, 2.24) is 9.55 Å². The highest BCUT2D eigenvalue weighted by Gasteiger charge is 2.16. The molecule has 10 heteroatoms. The maximum Gasteiger partial charge on any atom is 0.271 e. The summed E-state index contributed by atoms with van der Waals surface area (Å²) < 4.78 is 1.49. The van der Waals surface area contributed by atoms with Crippen LogP contribution in [-0.2, 0) is 11.2 Å². The van der Waals surface area contributed by atoms with Crippen molar-refractivity contribution >= 4 is 51.5 Å². The van der Waals surface area contributed by atoms with Crippen molar-refractivity contribution < 1.29 is 9.72 Å². The van der Waals surface area contributed by atoms with E-state index >= 15 is 0 Å². The molecule has 4 aromatic rings. The molecule has 3 aromatic carbocycles. The standard InChI is InChI=1S/C24H19ClN4O4S/c1-2-15-7-9-16(10-8-15)28-23(31)18-5-3-4-6-20(18)27-24(28)34-14-22(30)26-21-13-17(29(32)33)11-12-19(21)25/h3-13H,2,14H2,1H3,(H,26,30). The topological polar surface area (TPSA) is 107 Å². The van der Waals surface area contributed by atoms with Crippen LogP contribution in [0.15, 0.2) is 76.7 Å². The summed E-state index contributed by atoms with van der Waals surface area (Å²) in [6, 6.07) is 18.4. The lowest BCUT2D eigenvalue weighted by atomic mass is 10.1. The summed E-state index contributed by atoms with van der Waals surface area (Å²) in [6.45, 7) is 2.05. The van der Waals surface area contributed by atoms with Crippen molar-refractivity contribution in [3.8, 4) is 5.69 Å². The van der Waals surface area contributed by atoms with Crippen molar-refractivity contribution in [3.05, 3.63) is 97.8 Å². The van der Waals surface area contributed by atoms with Gasteiger partial charge in [0.2, 0.25) is 5.91 Å². The number of carbonyl (C=O) groups excluding carboxylic acids is 1. The van der Waals surface area contributed by atoms with E-state index in [4.69, 9.17) is 11.6 Å². The van der Waals surface area contributed by atoms with Crippen LogP contribution in [0.1, 0.15) is 12.5 Å². The van der Waals surface area contributed by atoms with Gasteiger partial charge in [-0.05, 0) is 42.3 Å². The number of nitrogens with one attached hydrogen (secondary N) is 1. The minimum Gasteiger partial charge on any atom is -0.324 e. The predicted octanol–water partition coefficient (Wildman–Crippen LogP) is 5.24. The van der Waals surface area contributed by atoms with Gasteiger partial charge in [-0.2, -0.15) is 0 Å². The van der Waals surface area contributed by atoms with Crippen LogP contribution in [0.4, 0.5) is 11.4 Å². The summed E-state index contributed by atoms with van der Waals surface area (Å²) in [5.74, 6) is -0.528. The highest BCUT2D eigenvalue weighted by Crippen LogP contribution is 2.27. The third kappa shape index (κ3) is 4.95. The minimum absolute atomic E-state index is 0.0865. The van der Waals surface area contributed by atoms with Gasteiger partial charge in [-0.3, -0.25) is 24.3 Å². The zero-order chi connectivity index (χ0) is 24.2. The molecule has 172 valence electrons. The molecule has 1 N–H and O–H groups in total. The lowest BCUT2D eigenvalue weighted by Crippen LogP contribution is -2.23. The lowest BCUT2D eigenvalue weighted by Gasteiger charge is -2.14. The van der Waals surface area contributed by atoms with Gasteiger partial charge < -0.3 is 5.32 Å². The number of benzene rings is 3. The zero-order valence-corrected chi connectivity index (χ0v) is 19.6. The number of carbonyl (C=O) groups is 1. The van der Waals surface area contributed by atoms with E-state index in [-0.39, 0.29) is 27.7 Å². The molecular formula is C24H19ClN4O4S. The first-order valence-electron chi connectivity index (χ1n) is 10.3. The summed E-state index contributed by atoms with van der Waals surface area (Å²) in [5.41, 5.74) is 2.02. The number of aromatic nitrogens is 2. The first-order chi connectivity index (χ1) is 16.4. The SMILES string of the molecule is CCc1ccc(-n2c(SCC(=O)Nc3cc([N+](=O)[O-])ccc3Cl)nc3ccccc3c2=O)cc1. The third-order valence-corrected chi connectivity index (χ3v) is 6.38. The van der Waals surface area contributed by atoms with Crippen LogP contribution < -0.4 is 10.9 Å². The molecule has 0 saturated heterocycles. The largest absolute Gasteiger partial charge is 0.324 e. The maximum atomic E-state index is 13.3. The number of non-ortho nitro benzene ring substituents is 1. The summed E-state index contributed by atoms with van der Waals surface area (Å²) >= 11 is 7.16. The van der Waals surface area contributed by atoms with E-state index in [1.165, 1.54) is 22.8 Å². The lowest BCUT2D eigenvalue weighted by molar-refractivity contribution is -0.384. The fourth-order valence-electron chi connectivity index (χ4n) is 3.36. The van der Waals surface area contributed by atoms with E-state index in [0.717, 1.165) is 23.7 Å². The van der Waals surface area contributed by atoms with Gasteiger partial charge in [0.15, 0.2) is 5.16 Å². The third-order valence-electron chi connectivity index (χ3n) is 5.11. The molecule has 0 unspecified atom stereocenters. The molecule has 0 fully saturated rings. The molecule has 0 aliphatic carbocycles. The Morgan fingerprint density at radius 1 is 1.15 bits per heavy atom. The Labute approximate surface area is 203 Å². The Morgan fingerprint density at radius 2 is 1.88 bits per heavy atom. The van der Waals surface area contributed by atoms with Crippen LogP contribution in [0, 0.1) is 10.1 Å². The minimum atomic E-state index is -0.567. The molecule has 0 spiro atoms. The smallest absolute Gasteiger partial charge is 0.271 e. The number of aryl methyl sites for hydroxylation is 1. The summed E-state index contributed by atoms with van der Waals surface area (Å²) in [5, 5.41) is 14.6. The molecule has 8 nitrogen and oxygen atoms in total. The van der Waals surface area contributed by atoms with E-state index < -0.39 is 10.8 Å². The number of rotatable bonds is 7. The van der Waals surface area contributed by atoms with E-state index in [1.807, 2.05) is 31.2 Å². The number of hydrogen-bond donors (Lipinski definition) is 1. The number of nitro benzene ring substituents is 1. The zero-order valence-electron chi connectivity index (χ0n) is 18.0. The van der Waals surface area contributed by atoms with Crippen LogP contribution in [0.5, 0.6) is 0 Å². The van der Waals surface area contributed by atoms with Gasteiger partial charge in [0.1, 0.15) is 0 Å². The molecule has 0 aliphatic heterocycles. The summed E-state index contributed by atoms with van der Waals surface area (Å²) in [6.07, 6.45) is 0.868. The number of halogens is 1. The molecule has 1 heterocycles. The van der Waals surface area contributed by atoms with Crippen LogP contribution in [0.2, 0.25) is 5.02 Å². The van der Waals surface area contributed by atoms with Crippen LogP contribution in [0.3, 0.4) is 0 Å². The number of nitro groups is 1. The molecule has 0 saturated carbocycles. The first kappa shape index (κ1) is 23.5. The fraction of sp³-hybridized carbons (Fsp3) is 0.125. The van der Waals surface area contributed by atoms with Crippen molar-refractivity contribution in [2.75, 3.05) is 11.1 Å². The Hall–Kier alpha value is -3.69. The van der Waals surface area contributed by atoms with E-state index in [9.17, 15) is 19.7 Å². The van der Waals surface area contributed by atoms with Gasteiger partial charge in [-0.25, -0.2) is 4.98 Å². The summed E-state index contributed by atoms with van der Waals surface area (Å²) in [7, 11) is 0. The number of hydrogen-bond acceptors (Lipinski definition) is 6. The van der Waals surface area contributed by atoms with Crippen molar-refractivity contribution in [2.45, 2.75) is 18.5 Å². The molecule has 1 amide bonds. The number of thioether (sulfide) groups is 1. The second-order valence-corrected chi connectivity index (χ2v) is 8.68. The number of fused-ring (bicyclic) bond motifs is 1. The second-order valence-electron chi connectivity index (χ2n) is 7.33. The quantitative estimate of drug-likeness (QED) is 0.163. The Morgan fingerprint density at radius 3 is 2.59 bits per heavy atom. The number of anilines is 1. The van der Waals surface area contributed by atoms with E-state index in [1.54, 1.807) is 24.3 Å². The molecule has 0 bridgehead atoms. The highest BCUT2D eigenvalue weighted by molar-refractivity contribution is 7.99. The average Bonchev–Trinajstić information content (AvgIpc) is 2.84. The van der Waals surface area contributed by atoms with Crippen LogP contribution >= 0.6 is 23.4 Å². The van der Waals surface area contributed by atoms with Gasteiger partial charge in [-0.15, -0.1) is 0 Å². The molecular weight excluding hydrogens is 476 g/mol. The van der Waals surface area contributed by atoms with Gasteiger partial charge >= 0.3 is 0 Å². The number of para-hydroxylation sites is 1.